The number of nitrogens with zero attached hydrogens (tertiary/aromatic N) is 1. The third-order valence-corrected chi connectivity index (χ3v) is 2.71. The molecule has 0 radical (unpaired) electrons. The van der Waals surface area contributed by atoms with Crippen molar-refractivity contribution in [3.05, 3.63) is 46.2 Å². The van der Waals surface area contributed by atoms with E-state index in [0.29, 0.717) is 17.2 Å². The van der Waals surface area contributed by atoms with Gasteiger partial charge in [0.2, 0.25) is 6.79 Å². The summed E-state index contributed by atoms with van der Waals surface area (Å²) >= 11 is 0. The summed E-state index contributed by atoms with van der Waals surface area (Å²) in [6.45, 7) is 0.211. The van der Waals surface area contributed by atoms with Gasteiger partial charge in [0.05, 0.1) is 0 Å². The molecular formula is C13H8N2O3. The van der Waals surface area contributed by atoms with E-state index in [2.05, 4.69) is 4.98 Å². The molecule has 1 aliphatic heterocycles. The molecule has 18 heavy (non-hydrogen) atoms. The lowest BCUT2D eigenvalue weighted by Crippen LogP contribution is -2.09. The van der Waals surface area contributed by atoms with Gasteiger partial charge in [-0.3, -0.25) is 4.79 Å². The van der Waals surface area contributed by atoms with Gasteiger partial charge in [0.25, 0.3) is 5.56 Å². The van der Waals surface area contributed by atoms with Crippen molar-refractivity contribution in [1.29, 1.82) is 5.26 Å². The fourth-order valence-electron chi connectivity index (χ4n) is 1.79. The molecule has 0 spiro atoms. The van der Waals surface area contributed by atoms with Crippen LogP contribution in [0.25, 0.3) is 11.3 Å². The normalized spacial score (nSPS) is 12.2. The standard InChI is InChI=1S/C13H8N2O3/c14-6-9-1-3-10(15-13(9)16)8-2-4-11-12(5-8)18-7-17-11/h1-5H,7H2,(H,15,16). The minimum Gasteiger partial charge on any atom is -0.454 e. The van der Waals surface area contributed by atoms with Crippen LogP contribution in [-0.2, 0) is 0 Å². The summed E-state index contributed by atoms with van der Waals surface area (Å²) < 4.78 is 10.5. The van der Waals surface area contributed by atoms with Crippen LogP contribution in [0.2, 0.25) is 0 Å². The van der Waals surface area contributed by atoms with Crippen molar-refractivity contribution in [2.45, 2.75) is 0 Å². The number of nitriles is 1. The van der Waals surface area contributed by atoms with Crippen molar-refractivity contribution >= 4 is 0 Å². The Bertz CT molecular complexity index is 713. The maximum absolute atomic E-state index is 11.5. The van der Waals surface area contributed by atoms with Crippen LogP contribution in [-0.4, -0.2) is 11.8 Å². The molecule has 0 fully saturated rings. The quantitative estimate of drug-likeness (QED) is 0.822. The van der Waals surface area contributed by atoms with E-state index in [1.165, 1.54) is 6.07 Å². The SMILES string of the molecule is N#Cc1ccc(-c2ccc3c(c2)OCO3)[nH]c1=O. The Morgan fingerprint density at radius 3 is 2.78 bits per heavy atom. The number of ether oxygens (including phenoxy) is 2. The Morgan fingerprint density at radius 2 is 2.00 bits per heavy atom. The topological polar surface area (TPSA) is 75.1 Å². The van der Waals surface area contributed by atoms with Crippen molar-refractivity contribution in [1.82, 2.24) is 4.98 Å². The first kappa shape index (κ1) is 10.4. The van der Waals surface area contributed by atoms with E-state index < -0.39 is 5.56 Å². The van der Waals surface area contributed by atoms with Crippen molar-refractivity contribution in [3.63, 3.8) is 0 Å². The van der Waals surface area contributed by atoms with E-state index in [9.17, 15) is 4.79 Å². The van der Waals surface area contributed by atoms with E-state index in [4.69, 9.17) is 14.7 Å². The molecule has 2 aromatic rings. The van der Waals surface area contributed by atoms with Crippen molar-refractivity contribution in [3.8, 4) is 28.8 Å². The maximum Gasteiger partial charge on any atom is 0.266 e. The van der Waals surface area contributed by atoms with Crippen LogP contribution in [0, 0.1) is 11.3 Å². The summed E-state index contributed by atoms with van der Waals surface area (Å²) in [5.41, 5.74) is 1.14. The first-order chi connectivity index (χ1) is 8.78. The zero-order valence-corrected chi connectivity index (χ0v) is 9.27. The Morgan fingerprint density at radius 1 is 1.17 bits per heavy atom. The van der Waals surface area contributed by atoms with E-state index >= 15 is 0 Å². The van der Waals surface area contributed by atoms with Crippen LogP contribution in [0.1, 0.15) is 5.56 Å². The van der Waals surface area contributed by atoms with Crippen LogP contribution in [0.15, 0.2) is 35.1 Å². The number of hydrogen-bond acceptors (Lipinski definition) is 4. The summed E-state index contributed by atoms with van der Waals surface area (Å²) in [4.78, 5) is 14.2. The molecule has 0 unspecified atom stereocenters. The molecule has 1 aromatic carbocycles. The monoisotopic (exact) mass is 240 g/mol. The molecule has 5 heteroatoms. The molecule has 0 saturated heterocycles. The van der Waals surface area contributed by atoms with E-state index in [1.807, 2.05) is 12.1 Å². The molecule has 2 heterocycles. The van der Waals surface area contributed by atoms with Crippen LogP contribution in [0.3, 0.4) is 0 Å². The van der Waals surface area contributed by atoms with Gasteiger partial charge >= 0.3 is 0 Å². The molecule has 0 saturated carbocycles. The van der Waals surface area contributed by atoms with E-state index in [0.717, 1.165) is 5.56 Å². The van der Waals surface area contributed by atoms with Crippen LogP contribution in [0.4, 0.5) is 0 Å². The largest absolute Gasteiger partial charge is 0.454 e. The number of hydrogen-bond donors (Lipinski definition) is 1. The summed E-state index contributed by atoms with van der Waals surface area (Å²) in [6, 6.07) is 10.4. The van der Waals surface area contributed by atoms with Gasteiger partial charge in [0.1, 0.15) is 11.6 Å². The average molecular weight is 240 g/mol. The van der Waals surface area contributed by atoms with E-state index in [-0.39, 0.29) is 12.4 Å². The lowest BCUT2D eigenvalue weighted by Gasteiger charge is -2.03. The van der Waals surface area contributed by atoms with Crippen LogP contribution in [0.5, 0.6) is 11.5 Å². The first-order valence-electron chi connectivity index (χ1n) is 5.31. The number of H-pyrrole nitrogens is 1. The molecule has 1 aliphatic rings. The summed E-state index contributed by atoms with van der Waals surface area (Å²) in [6.07, 6.45) is 0. The zero-order valence-electron chi connectivity index (χ0n) is 9.27. The highest BCUT2D eigenvalue weighted by molar-refractivity contribution is 5.64. The number of aromatic amines is 1. The Kier molecular flexibility index (Phi) is 2.27. The third kappa shape index (κ3) is 1.60. The fraction of sp³-hybridized carbons (Fsp3) is 0.0769. The number of aromatic nitrogens is 1. The van der Waals surface area contributed by atoms with Crippen molar-refractivity contribution < 1.29 is 9.47 Å². The second-order valence-corrected chi connectivity index (χ2v) is 3.79. The minimum atomic E-state index is -0.396. The highest BCUT2D eigenvalue weighted by Crippen LogP contribution is 2.35. The number of benzene rings is 1. The summed E-state index contributed by atoms with van der Waals surface area (Å²) in [7, 11) is 0. The number of rotatable bonds is 1. The van der Waals surface area contributed by atoms with Crippen molar-refractivity contribution in [2.24, 2.45) is 0 Å². The van der Waals surface area contributed by atoms with Gasteiger partial charge in [-0.25, -0.2) is 0 Å². The van der Waals surface area contributed by atoms with Crippen LogP contribution < -0.4 is 15.0 Å². The maximum atomic E-state index is 11.5. The Labute approximate surface area is 102 Å². The number of fused-ring (bicyclic) bond motifs is 1. The van der Waals surface area contributed by atoms with E-state index in [1.54, 1.807) is 18.2 Å². The molecule has 88 valence electrons. The average Bonchev–Trinajstić information content (AvgIpc) is 2.85. The minimum absolute atomic E-state index is 0.0968. The second-order valence-electron chi connectivity index (χ2n) is 3.79. The van der Waals surface area contributed by atoms with Gasteiger partial charge in [-0.1, -0.05) is 0 Å². The zero-order chi connectivity index (χ0) is 12.5. The summed E-state index contributed by atoms with van der Waals surface area (Å²) in [5, 5.41) is 8.70. The highest BCUT2D eigenvalue weighted by Gasteiger charge is 2.14. The smallest absolute Gasteiger partial charge is 0.266 e. The molecule has 0 atom stereocenters. The molecule has 3 rings (SSSR count). The van der Waals surface area contributed by atoms with Crippen molar-refractivity contribution in [2.75, 3.05) is 6.79 Å². The Hall–Kier alpha value is -2.74. The van der Waals surface area contributed by atoms with Crippen LogP contribution >= 0.6 is 0 Å². The molecule has 1 aromatic heterocycles. The fourth-order valence-corrected chi connectivity index (χ4v) is 1.79. The number of nitrogens with one attached hydrogen (secondary N) is 1. The highest BCUT2D eigenvalue weighted by atomic mass is 16.7. The lowest BCUT2D eigenvalue weighted by molar-refractivity contribution is 0.174. The summed E-state index contributed by atoms with van der Waals surface area (Å²) in [5.74, 6) is 1.34. The molecule has 0 amide bonds. The number of pyridine rings is 1. The first-order valence-corrected chi connectivity index (χ1v) is 5.31. The molecule has 0 bridgehead atoms. The van der Waals surface area contributed by atoms with Gasteiger partial charge in [0, 0.05) is 11.3 Å². The molecule has 5 nitrogen and oxygen atoms in total. The lowest BCUT2D eigenvalue weighted by atomic mass is 10.1. The van der Waals surface area contributed by atoms with Gasteiger partial charge in [0.15, 0.2) is 11.5 Å². The van der Waals surface area contributed by atoms with Gasteiger partial charge < -0.3 is 14.5 Å². The van der Waals surface area contributed by atoms with Gasteiger partial charge in [-0.15, -0.1) is 0 Å². The molecule has 1 N–H and O–H groups in total. The molecule has 0 aliphatic carbocycles. The third-order valence-electron chi connectivity index (χ3n) is 2.71. The second kappa shape index (κ2) is 3.93. The van der Waals surface area contributed by atoms with Gasteiger partial charge in [-0.05, 0) is 30.3 Å². The Balaban J connectivity index is 2.08. The van der Waals surface area contributed by atoms with Gasteiger partial charge in [-0.2, -0.15) is 5.26 Å². The predicted octanol–water partition coefficient (Wildman–Crippen LogP) is 1.64. The predicted molar refractivity (Wildman–Crippen MR) is 63.3 cm³/mol. The molecular weight excluding hydrogens is 232 g/mol.